The van der Waals surface area contributed by atoms with Crippen LogP contribution in [0.15, 0.2) is 22.4 Å². The van der Waals surface area contributed by atoms with Crippen LogP contribution in [-0.2, 0) is 18.3 Å². The van der Waals surface area contributed by atoms with E-state index < -0.39 is 0 Å². The molecule has 1 rings (SSSR count). The zero-order chi connectivity index (χ0) is 4.41. The normalized spacial score (nSPS) is 18.7. The van der Waals surface area contributed by atoms with E-state index >= 15 is 0 Å². The Morgan fingerprint density at radius 2 is 2.50 bits per heavy atom. The van der Waals surface area contributed by atoms with Crippen LogP contribution in [-0.4, -0.2) is 0 Å². The van der Waals surface area contributed by atoms with Gasteiger partial charge in [0.2, 0.25) is 0 Å². The Labute approximate surface area is 47.6 Å². The van der Waals surface area contributed by atoms with Crippen molar-refractivity contribution in [3.8, 4) is 0 Å². The van der Waals surface area contributed by atoms with Crippen molar-refractivity contribution >= 4 is 0 Å². The zero-order valence-corrected chi connectivity index (χ0v) is 5.35. The molecule has 35 valence electrons. The second-order valence-corrected chi connectivity index (χ2v) is 2.55. The summed E-state index contributed by atoms with van der Waals surface area (Å²) in [5, 5.41) is 0. The summed E-state index contributed by atoms with van der Waals surface area (Å²) in [6, 6.07) is 0. The van der Waals surface area contributed by atoms with Crippen LogP contribution in [0.25, 0.3) is 0 Å². The molecular formula is C5H7Ru. The number of rotatable bonds is 0. The van der Waals surface area contributed by atoms with Crippen LogP contribution in [0.4, 0.5) is 0 Å². The average molecular weight is 168 g/mol. The molecule has 0 amide bonds. The Bertz CT molecular complexity index is 101. The van der Waals surface area contributed by atoms with Gasteiger partial charge in [0.05, 0.1) is 0 Å². The standard InChI is InChI=1S/C5H5.Ru.2H/c1-2-4-5-3-1;;;/h1-3H,4H2;;;. The van der Waals surface area contributed by atoms with Gasteiger partial charge in [0.15, 0.2) is 0 Å². The Balaban J connectivity index is 2.61. The van der Waals surface area contributed by atoms with Crippen LogP contribution < -0.4 is 0 Å². The number of hydrogen-bond acceptors (Lipinski definition) is 0. The van der Waals surface area contributed by atoms with Crippen molar-refractivity contribution in [1.29, 1.82) is 0 Å². The van der Waals surface area contributed by atoms with E-state index in [0.29, 0.717) is 0 Å². The third-order valence-corrected chi connectivity index (χ3v) is 1.48. The first-order valence-corrected chi connectivity index (χ1v) is 2.92. The van der Waals surface area contributed by atoms with E-state index in [1.54, 1.807) is 0 Å². The molecule has 6 heavy (non-hydrogen) atoms. The molecule has 0 aliphatic heterocycles. The molecule has 0 N–H and O–H groups in total. The van der Waals surface area contributed by atoms with Crippen molar-refractivity contribution in [2.75, 3.05) is 0 Å². The van der Waals surface area contributed by atoms with Crippen molar-refractivity contribution in [3.63, 3.8) is 0 Å². The first-order valence-electron chi connectivity index (χ1n) is 1.92. The monoisotopic (exact) mass is 169 g/mol. The van der Waals surface area contributed by atoms with Crippen LogP contribution in [0.2, 0.25) is 0 Å². The molecule has 0 bridgehead atoms. The first-order chi connectivity index (χ1) is 2.89. The van der Waals surface area contributed by atoms with E-state index in [1.807, 2.05) is 0 Å². The summed E-state index contributed by atoms with van der Waals surface area (Å²) in [6.07, 6.45) is 7.57. The van der Waals surface area contributed by atoms with E-state index in [0.717, 1.165) is 0 Å². The molecule has 0 spiro atoms. The fourth-order valence-corrected chi connectivity index (χ4v) is 0.857. The maximum atomic E-state index is 2.16. The Kier molecular flexibility index (Phi) is 1.21. The van der Waals surface area contributed by atoms with Gasteiger partial charge in [-0.05, 0) is 0 Å². The third kappa shape index (κ3) is 0.783. The minimum atomic E-state index is 1.17. The number of allylic oxidation sites excluding steroid dienone is 4. The molecule has 1 aliphatic rings. The summed E-state index contributed by atoms with van der Waals surface area (Å²) >= 11 is 2.07. The Morgan fingerprint density at radius 1 is 1.67 bits per heavy atom. The van der Waals surface area contributed by atoms with E-state index in [2.05, 4.69) is 36.5 Å². The molecule has 0 heterocycles. The predicted octanol–water partition coefficient (Wildman–Crippen LogP) is 0.842. The van der Waals surface area contributed by atoms with Crippen molar-refractivity contribution in [2.24, 2.45) is 0 Å². The predicted molar refractivity (Wildman–Crippen MR) is 24.6 cm³/mol. The van der Waals surface area contributed by atoms with Gasteiger partial charge in [0.25, 0.3) is 0 Å². The topological polar surface area (TPSA) is 0 Å². The van der Waals surface area contributed by atoms with E-state index in [4.69, 9.17) is 0 Å². The minimum absolute atomic E-state index is 1.17. The molecule has 0 unspecified atom stereocenters. The zero-order valence-electron chi connectivity index (χ0n) is 3.35. The second-order valence-electron chi connectivity index (χ2n) is 1.27. The van der Waals surface area contributed by atoms with Crippen LogP contribution >= 0.6 is 0 Å². The van der Waals surface area contributed by atoms with E-state index in [9.17, 15) is 0 Å². The molecular weight excluding hydrogens is 161 g/mol. The Hall–Kier alpha value is 0.103. The van der Waals surface area contributed by atoms with Crippen molar-refractivity contribution in [1.82, 2.24) is 0 Å². The van der Waals surface area contributed by atoms with E-state index in [1.165, 1.54) is 10.6 Å². The van der Waals surface area contributed by atoms with Crippen molar-refractivity contribution < 1.29 is 18.3 Å². The van der Waals surface area contributed by atoms with Gasteiger partial charge < -0.3 is 0 Å². The summed E-state index contributed by atoms with van der Waals surface area (Å²) in [4.78, 5) is 0. The van der Waals surface area contributed by atoms with Gasteiger partial charge >= 0.3 is 47.1 Å². The van der Waals surface area contributed by atoms with Crippen LogP contribution in [0, 0.1) is 0 Å². The molecule has 0 aromatic rings. The third-order valence-electron chi connectivity index (χ3n) is 0.737. The molecule has 0 nitrogen and oxygen atoms in total. The number of hydrogen-bond donors (Lipinski definition) is 0. The fourth-order valence-electron chi connectivity index (χ4n) is 0.428. The fraction of sp³-hybridized carbons (Fsp3) is 0.200. The molecule has 0 atom stereocenters. The molecule has 0 aromatic carbocycles. The van der Waals surface area contributed by atoms with Gasteiger partial charge in [-0.2, -0.15) is 0 Å². The van der Waals surface area contributed by atoms with Gasteiger partial charge in [-0.1, -0.05) is 0 Å². The summed E-state index contributed by atoms with van der Waals surface area (Å²) in [7, 11) is 0. The quantitative estimate of drug-likeness (QED) is 0.470. The molecule has 1 aliphatic carbocycles. The summed E-state index contributed by atoms with van der Waals surface area (Å²) in [5.74, 6) is 0. The van der Waals surface area contributed by atoms with Crippen LogP contribution in [0.5, 0.6) is 0 Å². The van der Waals surface area contributed by atoms with Gasteiger partial charge in [0, 0.05) is 0 Å². The summed E-state index contributed by atoms with van der Waals surface area (Å²) in [6.45, 7) is 0. The maximum absolute atomic E-state index is 2.16. The van der Waals surface area contributed by atoms with Crippen LogP contribution in [0.3, 0.4) is 0 Å². The van der Waals surface area contributed by atoms with Crippen molar-refractivity contribution in [3.05, 3.63) is 22.4 Å². The average Bonchev–Trinajstić information content (AvgIpc) is 1.86. The van der Waals surface area contributed by atoms with Crippen molar-refractivity contribution in [2.45, 2.75) is 6.42 Å². The summed E-state index contributed by atoms with van der Waals surface area (Å²) < 4.78 is 1.48. The van der Waals surface area contributed by atoms with Crippen LogP contribution in [0.1, 0.15) is 6.42 Å². The Morgan fingerprint density at radius 3 is 2.67 bits per heavy atom. The van der Waals surface area contributed by atoms with Gasteiger partial charge in [0.1, 0.15) is 0 Å². The molecule has 0 fully saturated rings. The molecule has 0 saturated carbocycles. The molecule has 1 heteroatoms. The van der Waals surface area contributed by atoms with E-state index in [-0.39, 0.29) is 0 Å². The molecule has 0 radical (unpaired) electrons. The second kappa shape index (κ2) is 1.70. The SMILES string of the molecule is [RuH2][C]1=CC=CC1. The van der Waals surface area contributed by atoms with Gasteiger partial charge in [-0.15, -0.1) is 0 Å². The molecule has 0 aromatic heterocycles. The first kappa shape index (κ1) is 4.27. The van der Waals surface area contributed by atoms with Gasteiger partial charge in [-0.25, -0.2) is 0 Å². The summed E-state index contributed by atoms with van der Waals surface area (Å²) in [5.41, 5.74) is 0. The molecule has 0 saturated heterocycles. The van der Waals surface area contributed by atoms with Gasteiger partial charge in [-0.3, -0.25) is 0 Å².